The van der Waals surface area contributed by atoms with Gasteiger partial charge in [-0.15, -0.1) is 0 Å². The molecule has 0 atom stereocenters. The first-order chi connectivity index (χ1) is 11.2. The van der Waals surface area contributed by atoms with Crippen LogP contribution in [0.3, 0.4) is 0 Å². The summed E-state index contributed by atoms with van der Waals surface area (Å²) in [4.78, 5) is 16.8. The molecular weight excluding hydrogens is 292 g/mol. The zero-order chi connectivity index (χ0) is 16.2. The van der Waals surface area contributed by atoms with E-state index in [4.69, 9.17) is 10.5 Å². The normalized spacial score (nSPS) is 13.3. The van der Waals surface area contributed by atoms with Crippen LogP contribution < -0.4 is 21.1 Å². The van der Waals surface area contributed by atoms with Crippen LogP contribution in [0.4, 0.5) is 5.82 Å². The molecular formula is C17H20N4O2. The summed E-state index contributed by atoms with van der Waals surface area (Å²) in [5.41, 5.74) is 9.35. The smallest absolute Gasteiger partial charge is 0.255 e. The molecule has 6 heteroatoms. The van der Waals surface area contributed by atoms with Gasteiger partial charge in [0.1, 0.15) is 11.6 Å². The Labute approximate surface area is 135 Å². The number of nitrogens with zero attached hydrogens (tertiary/aromatic N) is 1. The van der Waals surface area contributed by atoms with Crippen LogP contribution in [0.25, 0.3) is 0 Å². The quantitative estimate of drug-likeness (QED) is 0.790. The highest BCUT2D eigenvalue weighted by Crippen LogP contribution is 2.18. The van der Waals surface area contributed by atoms with E-state index in [1.165, 1.54) is 0 Å². The van der Waals surface area contributed by atoms with Crippen molar-refractivity contribution in [2.45, 2.75) is 19.5 Å². The highest BCUT2D eigenvalue weighted by Gasteiger charge is 2.17. The molecule has 1 aromatic carbocycles. The van der Waals surface area contributed by atoms with E-state index >= 15 is 0 Å². The summed E-state index contributed by atoms with van der Waals surface area (Å²) in [5, 5.41) is 6.15. The van der Waals surface area contributed by atoms with E-state index < -0.39 is 0 Å². The van der Waals surface area contributed by atoms with E-state index in [0.717, 1.165) is 42.1 Å². The second-order valence-corrected chi connectivity index (χ2v) is 5.49. The lowest BCUT2D eigenvalue weighted by atomic mass is 10.0. The molecule has 0 saturated carbocycles. The van der Waals surface area contributed by atoms with E-state index in [9.17, 15) is 4.79 Å². The van der Waals surface area contributed by atoms with Crippen molar-refractivity contribution in [3.63, 3.8) is 0 Å². The predicted molar refractivity (Wildman–Crippen MR) is 88.2 cm³/mol. The van der Waals surface area contributed by atoms with Gasteiger partial charge >= 0.3 is 0 Å². The van der Waals surface area contributed by atoms with E-state index in [2.05, 4.69) is 15.6 Å². The number of benzene rings is 1. The van der Waals surface area contributed by atoms with Crippen molar-refractivity contribution >= 4 is 11.7 Å². The highest BCUT2D eigenvalue weighted by atomic mass is 16.5. The molecule has 1 aliphatic rings. The zero-order valence-corrected chi connectivity index (χ0v) is 13.1. The molecule has 3 rings (SSSR count). The van der Waals surface area contributed by atoms with Gasteiger partial charge in [-0.25, -0.2) is 4.98 Å². The summed E-state index contributed by atoms with van der Waals surface area (Å²) < 4.78 is 5.18. The summed E-state index contributed by atoms with van der Waals surface area (Å²) in [6.45, 7) is 2.02. The molecule has 1 aliphatic heterocycles. The van der Waals surface area contributed by atoms with Crippen molar-refractivity contribution in [2.75, 3.05) is 19.4 Å². The van der Waals surface area contributed by atoms with E-state index in [1.807, 2.05) is 30.3 Å². The minimum Gasteiger partial charge on any atom is -0.497 e. The molecule has 23 heavy (non-hydrogen) atoms. The Morgan fingerprint density at radius 1 is 1.43 bits per heavy atom. The number of nitrogens with one attached hydrogen (secondary N) is 2. The number of fused-ring (bicyclic) bond motifs is 1. The Balaban J connectivity index is 1.73. The van der Waals surface area contributed by atoms with Gasteiger partial charge in [0.25, 0.3) is 5.91 Å². The van der Waals surface area contributed by atoms with Crippen molar-refractivity contribution in [3.8, 4) is 5.75 Å². The van der Waals surface area contributed by atoms with Crippen molar-refractivity contribution < 1.29 is 9.53 Å². The Morgan fingerprint density at radius 3 is 3.13 bits per heavy atom. The number of hydrogen-bond donors (Lipinski definition) is 3. The number of aromatic nitrogens is 1. The zero-order valence-electron chi connectivity index (χ0n) is 13.1. The number of methoxy groups -OCH3 is 1. The van der Waals surface area contributed by atoms with Gasteiger partial charge in [-0.05, 0) is 29.3 Å². The topological polar surface area (TPSA) is 89.3 Å². The Morgan fingerprint density at radius 2 is 2.30 bits per heavy atom. The molecule has 2 heterocycles. The number of anilines is 1. The summed E-state index contributed by atoms with van der Waals surface area (Å²) in [6.07, 6.45) is 0.839. The highest BCUT2D eigenvalue weighted by molar-refractivity contribution is 5.98. The van der Waals surface area contributed by atoms with Gasteiger partial charge in [0.05, 0.1) is 12.7 Å². The number of rotatable bonds is 4. The van der Waals surface area contributed by atoms with Gasteiger partial charge in [-0.3, -0.25) is 4.79 Å². The predicted octanol–water partition coefficient (Wildman–Crippen LogP) is 1.25. The van der Waals surface area contributed by atoms with Gasteiger partial charge in [0.2, 0.25) is 0 Å². The molecule has 4 N–H and O–H groups in total. The Bertz CT molecular complexity index is 731. The number of hydrogen-bond acceptors (Lipinski definition) is 5. The fourth-order valence-corrected chi connectivity index (χ4v) is 2.65. The lowest BCUT2D eigenvalue weighted by molar-refractivity contribution is 0.0951. The van der Waals surface area contributed by atoms with Gasteiger partial charge in [-0.1, -0.05) is 12.1 Å². The third-order valence-corrected chi connectivity index (χ3v) is 3.91. The molecule has 1 aromatic heterocycles. The minimum atomic E-state index is -0.216. The van der Waals surface area contributed by atoms with Gasteiger partial charge in [0, 0.05) is 31.7 Å². The van der Waals surface area contributed by atoms with E-state index in [-0.39, 0.29) is 11.7 Å². The van der Waals surface area contributed by atoms with E-state index in [0.29, 0.717) is 12.1 Å². The average molecular weight is 312 g/mol. The number of pyridine rings is 1. The Kier molecular flexibility index (Phi) is 4.43. The molecule has 0 radical (unpaired) electrons. The molecule has 6 nitrogen and oxygen atoms in total. The third kappa shape index (κ3) is 3.43. The minimum absolute atomic E-state index is 0.216. The molecule has 0 bridgehead atoms. The Hall–Kier alpha value is -2.60. The maximum absolute atomic E-state index is 12.4. The summed E-state index contributed by atoms with van der Waals surface area (Å²) in [5.74, 6) is 0.831. The SMILES string of the molecule is COc1cccc(CNC(=O)c2cc3c(nc2N)CCNC3)c1. The number of carbonyl (C=O) groups excluding carboxylic acids is 1. The van der Waals surface area contributed by atoms with Gasteiger partial charge in [0.15, 0.2) is 0 Å². The van der Waals surface area contributed by atoms with Crippen LogP contribution >= 0.6 is 0 Å². The largest absolute Gasteiger partial charge is 0.497 e. The number of nitrogen functional groups attached to an aromatic ring is 1. The van der Waals surface area contributed by atoms with Crippen LogP contribution in [0.15, 0.2) is 30.3 Å². The number of carbonyl (C=O) groups is 1. The molecule has 0 aliphatic carbocycles. The van der Waals surface area contributed by atoms with E-state index in [1.54, 1.807) is 7.11 Å². The molecule has 2 aromatic rings. The first-order valence-corrected chi connectivity index (χ1v) is 7.57. The number of ether oxygens (including phenoxy) is 1. The lowest BCUT2D eigenvalue weighted by Crippen LogP contribution is -2.28. The second kappa shape index (κ2) is 6.66. The van der Waals surface area contributed by atoms with Crippen LogP contribution in [0.1, 0.15) is 27.2 Å². The molecule has 1 amide bonds. The standard InChI is InChI=1S/C17H20N4O2/c1-23-13-4-2-3-11(7-13)9-20-17(22)14-8-12-10-19-6-5-15(12)21-16(14)18/h2-4,7-8,19H,5-6,9-10H2,1H3,(H2,18,21)(H,20,22). The third-order valence-electron chi connectivity index (χ3n) is 3.91. The summed E-state index contributed by atoms with van der Waals surface area (Å²) in [7, 11) is 1.62. The van der Waals surface area contributed by atoms with Crippen LogP contribution in [-0.4, -0.2) is 24.5 Å². The monoisotopic (exact) mass is 312 g/mol. The molecule has 0 saturated heterocycles. The summed E-state index contributed by atoms with van der Waals surface area (Å²) >= 11 is 0. The maximum atomic E-state index is 12.4. The van der Waals surface area contributed by atoms with Gasteiger partial charge < -0.3 is 21.1 Å². The van der Waals surface area contributed by atoms with Crippen molar-refractivity contribution in [2.24, 2.45) is 0 Å². The average Bonchev–Trinajstić information content (AvgIpc) is 2.59. The fraction of sp³-hybridized carbons (Fsp3) is 0.294. The maximum Gasteiger partial charge on any atom is 0.255 e. The first kappa shape index (κ1) is 15.3. The first-order valence-electron chi connectivity index (χ1n) is 7.57. The number of amides is 1. The van der Waals surface area contributed by atoms with Crippen molar-refractivity contribution in [1.29, 1.82) is 0 Å². The van der Waals surface area contributed by atoms with Crippen LogP contribution in [0, 0.1) is 0 Å². The van der Waals surface area contributed by atoms with Gasteiger partial charge in [-0.2, -0.15) is 0 Å². The van der Waals surface area contributed by atoms with Crippen molar-refractivity contribution in [1.82, 2.24) is 15.6 Å². The van der Waals surface area contributed by atoms with Crippen LogP contribution in [0.2, 0.25) is 0 Å². The lowest BCUT2D eigenvalue weighted by Gasteiger charge is -2.18. The molecule has 120 valence electrons. The summed E-state index contributed by atoms with van der Waals surface area (Å²) in [6, 6.07) is 9.41. The second-order valence-electron chi connectivity index (χ2n) is 5.49. The molecule has 0 fully saturated rings. The van der Waals surface area contributed by atoms with Crippen LogP contribution in [-0.2, 0) is 19.5 Å². The van der Waals surface area contributed by atoms with Crippen LogP contribution in [0.5, 0.6) is 5.75 Å². The fourth-order valence-electron chi connectivity index (χ4n) is 2.65. The van der Waals surface area contributed by atoms with Crippen molar-refractivity contribution in [3.05, 3.63) is 52.7 Å². The number of nitrogens with two attached hydrogens (primary N) is 1. The molecule has 0 unspecified atom stereocenters. The molecule has 0 spiro atoms.